The maximum atomic E-state index is 6.70. The predicted molar refractivity (Wildman–Crippen MR) is 165 cm³/mol. The monoisotopic (exact) mass is 512 g/mol. The summed E-state index contributed by atoms with van der Waals surface area (Å²) in [5.41, 5.74) is 8.62. The van der Waals surface area contributed by atoms with Gasteiger partial charge in [0, 0.05) is 17.0 Å². The van der Waals surface area contributed by atoms with Crippen molar-refractivity contribution in [2.24, 2.45) is 0 Å². The Hall–Kier alpha value is -5.41. The lowest BCUT2D eigenvalue weighted by Crippen LogP contribution is -2.16. The van der Waals surface area contributed by atoms with E-state index in [2.05, 4.69) is 126 Å². The third kappa shape index (κ3) is 3.63. The van der Waals surface area contributed by atoms with Crippen molar-refractivity contribution >= 4 is 38.7 Å². The summed E-state index contributed by atoms with van der Waals surface area (Å²) in [7, 11) is 0. The van der Waals surface area contributed by atoms with Gasteiger partial charge in [0.25, 0.3) is 0 Å². The Labute approximate surface area is 232 Å². The van der Waals surface area contributed by atoms with Gasteiger partial charge < -0.3 is 9.64 Å². The highest BCUT2D eigenvalue weighted by Crippen LogP contribution is 2.53. The van der Waals surface area contributed by atoms with Crippen LogP contribution in [0.3, 0.4) is 0 Å². The fourth-order valence-electron chi connectivity index (χ4n) is 5.77. The van der Waals surface area contributed by atoms with Gasteiger partial charge in [-0.3, -0.25) is 4.98 Å². The van der Waals surface area contributed by atoms with E-state index in [0.29, 0.717) is 0 Å². The molecule has 40 heavy (non-hydrogen) atoms. The number of nitrogens with zero attached hydrogens (tertiary/aromatic N) is 2. The van der Waals surface area contributed by atoms with Crippen LogP contribution in [0, 0.1) is 0 Å². The normalized spacial score (nSPS) is 12.2. The first-order valence-electron chi connectivity index (χ1n) is 13.5. The fraction of sp³-hybridized carbons (Fsp3) is 0. The van der Waals surface area contributed by atoms with Gasteiger partial charge in [-0.15, -0.1) is 0 Å². The van der Waals surface area contributed by atoms with E-state index >= 15 is 0 Å². The molecule has 0 amide bonds. The van der Waals surface area contributed by atoms with Crippen LogP contribution >= 0.6 is 0 Å². The van der Waals surface area contributed by atoms with E-state index in [4.69, 9.17) is 9.72 Å². The maximum Gasteiger partial charge on any atom is 0.152 e. The summed E-state index contributed by atoms with van der Waals surface area (Å²) in [5.74, 6) is 1.65. The number of pyridine rings is 1. The topological polar surface area (TPSA) is 25.4 Å². The van der Waals surface area contributed by atoms with Crippen molar-refractivity contribution in [2.75, 3.05) is 4.90 Å². The van der Waals surface area contributed by atoms with Crippen molar-refractivity contribution in [3.8, 4) is 33.8 Å². The Bertz CT molecular complexity index is 1940. The minimum Gasteiger partial charge on any atom is -0.453 e. The predicted octanol–water partition coefficient (Wildman–Crippen LogP) is 10.3. The maximum absolute atomic E-state index is 6.70. The Kier molecular flexibility index (Phi) is 5.14. The molecule has 3 heteroatoms. The smallest absolute Gasteiger partial charge is 0.152 e. The van der Waals surface area contributed by atoms with Gasteiger partial charge in [0.1, 0.15) is 0 Å². The van der Waals surface area contributed by atoms with E-state index in [1.54, 1.807) is 0 Å². The van der Waals surface area contributed by atoms with Crippen molar-refractivity contribution in [1.29, 1.82) is 0 Å². The molecule has 0 aliphatic carbocycles. The zero-order valence-electron chi connectivity index (χ0n) is 21.7. The number of fused-ring (bicyclic) bond motifs is 5. The van der Waals surface area contributed by atoms with Crippen molar-refractivity contribution in [2.45, 2.75) is 0 Å². The molecule has 1 aromatic heterocycles. The van der Waals surface area contributed by atoms with Crippen LogP contribution < -0.4 is 9.64 Å². The molecule has 0 unspecified atom stereocenters. The third-order valence-electron chi connectivity index (χ3n) is 7.67. The fourth-order valence-corrected chi connectivity index (χ4v) is 5.77. The first-order chi connectivity index (χ1) is 19.8. The van der Waals surface area contributed by atoms with Gasteiger partial charge >= 0.3 is 0 Å². The second kappa shape index (κ2) is 9.11. The van der Waals surface area contributed by atoms with E-state index in [0.717, 1.165) is 72.5 Å². The summed E-state index contributed by atoms with van der Waals surface area (Å²) in [6.07, 6.45) is 1.87. The van der Waals surface area contributed by atoms with Gasteiger partial charge in [-0.1, -0.05) is 103 Å². The molecule has 2 heterocycles. The minimum atomic E-state index is 0.823. The zero-order chi connectivity index (χ0) is 26.5. The molecular weight excluding hydrogens is 488 g/mol. The third-order valence-corrected chi connectivity index (χ3v) is 7.67. The summed E-state index contributed by atoms with van der Waals surface area (Å²) in [4.78, 5) is 7.15. The van der Waals surface area contributed by atoms with Gasteiger partial charge in [-0.2, -0.15) is 0 Å². The Morgan fingerprint density at radius 2 is 1.05 bits per heavy atom. The lowest BCUT2D eigenvalue weighted by atomic mass is 9.99. The van der Waals surface area contributed by atoms with Crippen LogP contribution in [0.15, 0.2) is 146 Å². The van der Waals surface area contributed by atoms with Crippen LogP contribution in [0.2, 0.25) is 0 Å². The standard InChI is InChI=1S/C37H24N2O/c1-3-9-25(10-4-1)29-18-20-31-34(23-29)40-35-24-30(26-11-5-2-6-12-26)19-21-32(35)39(31)33-15-7-13-27-16-17-28-14-8-22-38-37(28)36(27)33/h1-24H. The van der Waals surface area contributed by atoms with E-state index in [1.165, 1.54) is 0 Å². The van der Waals surface area contributed by atoms with E-state index < -0.39 is 0 Å². The second-order valence-electron chi connectivity index (χ2n) is 10.1. The number of benzene rings is 6. The van der Waals surface area contributed by atoms with Gasteiger partial charge in [0.05, 0.1) is 22.6 Å². The van der Waals surface area contributed by atoms with E-state index in [9.17, 15) is 0 Å². The molecular formula is C37H24N2O. The lowest BCUT2D eigenvalue weighted by Gasteiger charge is -2.34. The zero-order valence-corrected chi connectivity index (χ0v) is 21.7. The Morgan fingerprint density at radius 1 is 0.450 bits per heavy atom. The number of hydrogen-bond donors (Lipinski definition) is 0. The number of aromatic nitrogens is 1. The van der Waals surface area contributed by atoms with E-state index in [1.807, 2.05) is 24.4 Å². The van der Waals surface area contributed by atoms with Gasteiger partial charge in [-0.25, -0.2) is 0 Å². The molecule has 0 radical (unpaired) electrons. The molecule has 8 rings (SSSR count). The number of hydrogen-bond acceptors (Lipinski definition) is 3. The molecule has 7 aromatic rings. The van der Waals surface area contributed by atoms with Crippen LogP contribution in [0.4, 0.5) is 17.1 Å². The van der Waals surface area contributed by atoms with E-state index in [-0.39, 0.29) is 0 Å². The average Bonchev–Trinajstić information content (AvgIpc) is 3.03. The number of rotatable bonds is 3. The SMILES string of the molecule is c1ccc(-c2ccc3c(c2)Oc2cc(-c4ccccc4)ccc2N3c2cccc3ccc4cccnc4c23)cc1. The first-order valence-corrected chi connectivity index (χ1v) is 13.5. The van der Waals surface area contributed by atoms with Crippen LogP contribution in [-0.2, 0) is 0 Å². The molecule has 0 fully saturated rings. The number of ether oxygens (including phenoxy) is 1. The molecule has 188 valence electrons. The van der Waals surface area contributed by atoms with Gasteiger partial charge in [0.2, 0.25) is 0 Å². The first kappa shape index (κ1) is 22.6. The summed E-state index contributed by atoms with van der Waals surface area (Å²) < 4.78 is 6.70. The molecule has 0 saturated heterocycles. The minimum absolute atomic E-state index is 0.823. The second-order valence-corrected chi connectivity index (χ2v) is 10.1. The van der Waals surface area contributed by atoms with Crippen molar-refractivity contribution in [3.05, 3.63) is 146 Å². The summed E-state index contributed by atoms with van der Waals surface area (Å²) >= 11 is 0. The molecule has 0 spiro atoms. The highest BCUT2D eigenvalue weighted by molar-refractivity contribution is 6.14. The Morgan fingerprint density at radius 3 is 1.70 bits per heavy atom. The molecule has 1 aliphatic rings. The summed E-state index contributed by atoms with van der Waals surface area (Å²) in [5, 5.41) is 3.40. The quantitative estimate of drug-likeness (QED) is 0.220. The highest BCUT2D eigenvalue weighted by atomic mass is 16.5. The van der Waals surface area contributed by atoms with Crippen molar-refractivity contribution in [3.63, 3.8) is 0 Å². The molecule has 1 aliphatic heterocycles. The lowest BCUT2D eigenvalue weighted by molar-refractivity contribution is 0.477. The van der Waals surface area contributed by atoms with Crippen molar-refractivity contribution < 1.29 is 4.74 Å². The molecule has 0 atom stereocenters. The molecule has 6 aromatic carbocycles. The molecule has 0 bridgehead atoms. The van der Waals surface area contributed by atoms with Crippen LogP contribution in [-0.4, -0.2) is 4.98 Å². The molecule has 3 nitrogen and oxygen atoms in total. The summed E-state index contributed by atoms with van der Waals surface area (Å²) in [6.45, 7) is 0. The highest BCUT2D eigenvalue weighted by Gasteiger charge is 2.28. The average molecular weight is 513 g/mol. The van der Waals surface area contributed by atoms with Crippen LogP contribution in [0.25, 0.3) is 43.9 Å². The largest absolute Gasteiger partial charge is 0.453 e. The molecule has 0 saturated carbocycles. The molecule has 0 N–H and O–H groups in total. The van der Waals surface area contributed by atoms with Crippen LogP contribution in [0.1, 0.15) is 0 Å². The van der Waals surface area contributed by atoms with Crippen molar-refractivity contribution in [1.82, 2.24) is 4.98 Å². The van der Waals surface area contributed by atoms with Gasteiger partial charge in [-0.05, 0) is 64.0 Å². The summed E-state index contributed by atoms with van der Waals surface area (Å²) in [6, 6.07) is 48.8. The van der Waals surface area contributed by atoms with Crippen LogP contribution in [0.5, 0.6) is 11.5 Å². The number of anilines is 3. The van der Waals surface area contributed by atoms with Gasteiger partial charge in [0.15, 0.2) is 11.5 Å². The Balaban J connectivity index is 1.39.